The van der Waals surface area contributed by atoms with Crippen LogP contribution < -0.4 is 10.1 Å². The molecule has 0 bridgehead atoms. The van der Waals surface area contributed by atoms with E-state index in [1.165, 1.54) is 24.6 Å². The quantitative estimate of drug-likeness (QED) is 0.465. The molecule has 3 aromatic rings. The average molecular weight is 439 g/mol. The summed E-state index contributed by atoms with van der Waals surface area (Å²) >= 11 is 2.03. The summed E-state index contributed by atoms with van der Waals surface area (Å²) in [5.41, 5.74) is 1.60. The van der Waals surface area contributed by atoms with E-state index < -0.39 is 0 Å². The summed E-state index contributed by atoms with van der Waals surface area (Å²) in [6, 6.07) is 10.0. The Hall–Kier alpha value is -2.51. The smallest absolute Gasteiger partial charge is 0.234 e. The number of thioether (sulfide) groups is 1. The van der Waals surface area contributed by atoms with Gasteiger partial charge < -0.3 is 14.1 Å². The first-order chi connectivity index (χ1) is 15.2. The molecule has 7 heteroatoms. The number of hydrogen-bond donors (Lipinski definition) is 1. The predicted molar refractivity (Wildman–Crippen MR) is 123 cm³/mol. The number of piperidine rings is 1. The summed E-state index contributed by atoms with van der Waals surface area (Å²) in [5, 5.41) is 5.47. The zero-order chi connectivity index (χ0) is 21.2. The molecule has 0 saturated carbocycles. The van der Waals surface area contributed by atoms with Crippen molar-refractivity contribution in [3.63, 3.8) is 0 Å². The molecule has 2 amide bonds. The van der Waals surface area contributed by atoms with E-state index in [0.29, 0.717) is 19.4 Å². The molecule has 2 fully saturated rings. The molecule has 5 rings (SSSR count). The zero-order valence-corrected chi connectivity index (χ0v) is 18.2. The molecule has 1 unspecified atom stereocenters. The lowest BCUT2D eigenvalue weighted by Gasteiger charge is -2.25. The second-order valence-corrected chi connectivity index (χ2v) is 9.40. The fourth-order valence-corrected chi connectivity index (χ4v) is 5.49. The number of carbonyl (C=O) groups is 2. The number of hydrogen-bond acceptors (Lipinski definition) is 6. The van der Waals surface area contributed by atoms with Gasteiger partial charge in [-0.15, -0.1) is 0 Å². The van der Waals surface area contributed by atoms with E-state index in [2.05, 4.69) is 10.2 Å². The Labute approximate surface area is 185 Å². The molecule has 162 valence electrons. The first-order valence-electron chi connectivity index (χ1n) is 10.9. The molecule has 2 aliphatic heterocycles. The van der Waals surface area contributed by atoms with Crippen molar-refractivity contribution in [3.05, 3.63) is 42.2 Å². The van der Waals surface area contributed by atoms with Crippen LogP contribution in [0.2, 0.25) is 0 Å². The summed E-state index contributed by atoms with van der Waals surface area (Å²) in [6.45, 7) is 4.14. The first kappa shape index (κ1) is 20.4. The lowest BCUT2D eigenvalue weighted by Crippen LogP contribution is -2.39. The Kier molecular flexibility index (Phi) is 5.87. The molecule has 1 atom stereocenters. The van der Waals surface area contributed by atoms with Crippen LogP contribution in [-0.4, -0.2) is 54.5 Å². The highest BCUT2D eigenvalue weighted by molar-refractivity contribution is 7.99. The topological polar surface area (TPSA) is 71.8 Å². The van der Waals surface area contributed by atoms with Crippen molar-refractivity contribution in [2.24, 2.45) is 0 Å². The third kappa shape index (κ3) is 4.29. The highest BCUT2D eigenvalue weighted by Crippen LogP contribution is 2.37. The maximum atomic E-state index is 12.4. The van der Waals surface area contributed by atoms with Gasteiger partial charge in [-0.05, 0) is 47.9 Å². The van der Waals surface area contributed by atoms with Gasteiger partial charge in [0.05, 0.1) is 18.8 Å². The number of imide groups is 1. The molecule has 0 aliphatic carbocycles. The number of carbonyl (C=O) groups excluding carboxylic acids is 2. The molecular weight excluding hydrogens is 412 g/mol. The fraction of sp³-hybridized carbons (Fsp3) is 0.417. The average Bonchev–Trinajstić information content (AvgIpc) is 3.21. The molecule has 0 spiro atoms. The SMILES string of the molecule is O=C1CCC(c2coc3ccc4cc(OCCCN5CCSCC5)ccc4c23)C(=O)N1. The molecule has 1 N–H and O–H groups in total. The summed E-state index contributed by atoms with van der Waals surface area (Å²) in [7, 11) is 0. The van der Waals surface area contributed by atoms with Crippen LogP contribution in [0.1, 0.15) is 30.7 Å². The van der Waals surface area contributed by atoms with Crippen molar-refractivity contribution >= 4 is 45.3 Å². The Morgan fingerprint density at radius 1 is 1.16 bits per heavy atom. The minimum absolute atomic E-state index is 0.208. The highest BCUT2D eigenvalue weighted by atomic mass is 32.2. The van der Waals surface area contributed by atoms with Crippen LogP contribution >= 0.6 is 11.8 Å². The molecule has 0 radical (unpaired) electrons. The van der Waals surface area contributed by atoms with Crippen molar-refractivity contribution in [1.29, 1.82) is 0 Å². The second-order valence-electron chi connectivity index (χ2n) is 8.17. The molecule has 2 aromatic carbocycles. The summed E-state index contributed by atoms with van der Waals surface area (Å²) in [6.07, 6.45) is 3.53. The van der Waals surface area contributed by atoms with E-state index >= 15 is 0 Å². The number of rotatable bonds is 6. The number of benzene rings is 2. The van der Waals surface area contributed by atoms with E-state index in [9.17, 15) is 9.59 Å². The lowest BCUT2D eigenvalue weighted by molar-refractivity contribution is -0.134. The van der Waals surface area contributed by atoms with Crippen molar-refractivity contribution in [2.45, 2.75) is 25.2 Å². The highest BCUT2D eigenvalue weighted by Gasteiger charge is 2.31. The lowest BCUT2D eigenvalue weighted by atomic mass is 9.89. The van der Waals surface area contributed by atoms with Gasteiger partial charge in [-0.2, -0.15) is 11.8 Å². The number of ether oxygens (including phenoxy) is 1. The molecule has 3 heterocycles. The molecule has 1 aromatic heterocycles. The van der Waals surface area contributed by atoms with Crippen LogP contribution in [0.4, 0.5) is 0 Å². The van der Waals surface area contributed by atoms with E-state index in [4.69, 9.17) is 9.15 Å². The number of furan rings is 1. The van der Waals surface area contributed by atoms with Crippen molar-refractivity contribution in [2.75, 3.05) is 37.7 Å². The van der Waals surface area contributed by atoms with Crippen LogP contribution in [0.25, 0.3) is 21.7 Å². The standard InChI is InChI=1S/C24H26N2O4S/c27-22-7-5-19(24(28)25-22)20-15-30-21-6-2-16-14-17(3-4-18(16)23(20)21)29-11-1-8-26-9-12-31-13-10-26/h2-4,6,14-15,19H,1,5,7-13H2,(H,25,27,28). The summed E-state index contributed by atoms with van der Waals surface area (Å²) in [5.74, 6) is 2.49. The van der Waals surface area contributed by atoms with Gasteiger partial charge in [-0.25, -0.2) is 0 Å². The van der Waals surface area contributed by atoms with Gasteiger partial charge in [0.15, 0.2) is 0 Å². The third-order valence-corrected chi connectivity index (χ3v) is 7.10. The van der Waals surface area contributed by atoms with Gasteiger partial charge in [-0.1, -0.05) is 6.07 Å². The minimum Gasteiger partial charge on any atom is -0.494 e. The number of amides is 2. The normalized spacial score (nSPS) is 20.3. The van der Waals surface area contributed by atoms with Gasteiger partial charge in [0, 0.05) is 48.5 Å². The summed E-state index contributed by atoms with van der Waals surface area (Å²) in [4.78, 5) is 26.4. The Balaban J connectivity index is 1.33. The first-order valence-corrected chi connectivity index (χ1v) is 12.0. The number of fused-ring (bicyclic) bond motifs is 3. The van der Waals surface area contributed by atoms with Gasteiger partial charge in [-0.3, -0.25) is 14.9 Å². The van der Waals surface area contributed by atoms with Crippen molar-refractivity contribution < 1.29 is 18.7 Å². The maximum Gasteiger partial charge on any atom is 0.234 e. The van der Waals surface area contributed by atoms with E-state index in [1.807, 2.05) is 42.1 Å². The molecule has 2 aliphatic rings. The summed E-state index contributed by atoms with van der Waals surface area (Å²) < 4.78 is 11.8. The Morgan fingerprint density at radius 2 is 2.03 bits per heavy atom. The van der Waals surface area contributed by atoms with E-state index in [0.717, 1.165) is 46.0 Å². The van der Waals surface area contributed by atoms with E-state index in [-0.39, 0.29) is 17.7 Å². The molecule has 31 heavy (non-hydrogen) atoms. The fourth-order valence-electron chi connectivity index (χ4n) is 4.51. The number of nitrogens with zero attached hydrogens (tertiary/aromatic N) is 1. The minimum atomic E-state index is -0.367. The molecular formula is C24H26N2O4S. The zero-order valence-electron chi connectivity index (χ0n) is 17.4. The Morgan fingerprint density at radius 3 is 2.87 bits per heavy atom. The van der Waals surface area contributed by atoms with E-state index in [1.54, 1.807) is 6.26 Å². The Bertz CT molecular complexity index is 1120. The van der Waals surface area contributed by atoms with Crippen LogP contribution in [0.5, 0.6) is 5.75 Å². The maximum absolute atomic E-state index is 12.4. The van der Waals surface area contributed by atoms with Crippen LogP contribution in [0.15, 0.2) is 41.0 Å². The van der Waals surface area contributed by atoms with Gasteiger partial charge in [0.2, 0.25) is 11.8 Å². The predicted octanol–water partition coefficient (Wildman–Crippen LogP) is 3.92. The van der Waals surface area contributed by atoms with Crippen LogP contribution in [-0.2, 0) is 9.59 Å². The second kappa shape index (κ2) is 8.93. The molecule has 6 nitrogen and oxygen atoms in total. The van der Waals surface area contributed by atoms with Crippen molar-refractivity contribution in [3.8, 4) is 5.75 Å². The monoisotopic (exact) mass is 438 g/mol. The third-order valence-electron chi connectivity index (χ3n) is 6.16. The number of nitrogens with one attached hydrogen (secondary N) is 1. The largest absolute Gasteiger partial charge is 0.494 e. The van der Waals surface area contributed by atoms with Gasteiger partial charge >= 0.3 is 0 Å². The van der Waals surface area contributed by atoms with Gasteiger partial charge in [0.25, 0.3) is 0 Å². The van der Waals surface area contributed by atoms with Crippen LogP contribution in [0, 0.1) is 0 Å². The van der Waals surface area contributed by atoms with Gasteiger partial charge in [0.1, 0.15) is 11.3 Å². The van der Waals surface area contributed by atoms with Crippen molar-refractivity contribution in [1.82, 2.24) is 10.2 Å². The molecule has 2 saturated heterocycles. The van der Waals surface area contributed by atoms with Crippen LogP contribution in [0.3, 0.4) is 0 Å².